The molecule has 0 spiro atoms. The second kappa shape index (κ2) is 9.37. The van der Waals surface area contributed by atoms with Gasteiger partial charge in [-0.3, -0.25) is 4.79 Å². The zero-order valence-corrected chi connectivity index (χ0v) is 17.8. The highest BCUT2D eigenvalue weighted by Crippen LogP contribution is 2.22. The van der Waals surface area contributed by atoms with Crippen molar-refractivity contribution in [3.05, 3.63) is 0 Å². The van der Waals surface area contributed by atoms with Crippen LogP contribution in [0.1, 0.15) is 26.7 Å². The first kappa shape index (κ1) is 20.6. The number of hydrogen-bond acceptors (Lipinski definition) is 9. The van der Waals surface area contributed by atoms with Gasteiger partial charge >= 0.3 is 0 Å². The summed E-state index contributed by atoms with van der Waals surface area (Å²) in [5.74, 6) is 2.04. The maximum absolute atomic E-state index is 12.7. The van der Waals surface area contributed by atoms with E-state index < -0.39 is 0 Å². The van der Waals surface area contributed by atoms with Crippen molar-refractivity contribution in [3.63, 3.8) is 0 Å². The van der Waals surface area contributed by atoms with Gasteiger partial charge in [0.2, 0.25) is 17.8 Å². The quantitative estimate of drug-likeness (QED) is 0.621. The van der Waals surface area contributed by atoms with E-state index in [9.17, 15) is 4.79 Å². The number of nitrogens with zero attached hydrogens (tertiary/aromatic N) is 7. The fourth-order valence-corrected chi connectivity index (χ4v) is 4.05. The minimum absolute atomic E-state index is 0.128. The lowest BCUT2D eigenvalue weighted by molar-refractivity contribution is -0.130. The average Bonchev–Trinajstić information content (AvgIpc) is 3.10. The second-order valence-corrected chi connectivity index (χ2v) is 7.88. The van der Waals surface area contributed by atoms with Gasteiger partial charge in [-0.15, -0.1) is 10.2 Å². The summed E-state index contributed by atoms with van der Waals surface area (Å²) in [5, 5.41) is 15.3. The minimum Gasteiger partial charge on any atom is -0.355 e. The Bertz CT molecular complexity index is 809. The zero-order valence-electron chi connectivity index (χ0n) is 17.0. The molecule has 2 aromatic rings. The summed E-state index contributed by atoms with van der Waals surface area (Å²) in [6, 6.07) is 0.426. The van der Waals surface area contributed by atoms with E-state index in [1.165, 1.54) is 11.8 Å². The van der Waals surface area contributed by atoms with Gasteiger partial charge in [0.25, 0.3) is 5.78 Å². The smallest absolute Gasteiger partial charge is 0.261 e. The molecule has 2 N–H and O–H groups in total. The predicted octanol–water partition coefficient (Wildman–Crippen LogP) is 1.03. The first-order chi connectivity index (χ1) is 13.5. The summed E-state index contributed by atoms with van der Waals surface area (Å²) >= 11 is 1.37. The van der Waals surface area contributed by atoms with Gasteiger partial charge in [0.15, 0.2) is 5.16 Å². The van der Waals surface area contributed by atoms with Crippen LogP contribution in [0, 0.1) is 0 Å². The molecule has 0 aliphatic carbocycles. The Balaban J connectivity index is 1.72. The largest absolute Gasteiger partial charge is 0.355 e. The standard InChI is InChI=1S/C17H29N9OS/c1-5-18-14-20-15(19-6-2)26-16(21-14)22-23-17(26)28-11-13(27)25-9-7-8-12(10-25)24(3)4/h12H,5-11H2,1-4H3,(H2,18,19,20,21,22). The van der Waals surface area contributed by atoms with Crippen molar-refractivity contribution in [2.75, 3.05) is 56.7 Å². The summed E-state index contributed by atoms with van der Waals surface area (Å²) in [4.78, 5) is 25.8. The molecule has 2 aromatic heterocycles. The third-order valence-electron chi connectivity index (χ3n) is 4.72. The van der Waals surface area contributed by atoms with Gasteiger partial charge < -0.3 is 20.4 Å². The number of hydrogen-bond donors (Lipinski definition) is 2. The van der Waals surface area contributed by atoms with Crippen LogP contribution in [0.3, 0.4) is 0 Å². The van der Waals surface area contributed by atoms with Crippen molar-refractivity contribution in [1.82, 2.24) is 34.4 Å². The van der Waals surface area contributed by atoms with Crippen LogP contribution in [0.25, 0.3) is 5.78 Å². The molecule has 3 rings (SSSR count). The number of anilines is 2. The number of piperidine rings is 1. The summed E-state index contributed by atoms with van der Waals surface area (Å²) in [6.45, 7) is 7.01. The van der Waals surface area contributed by atoms with Crippen molar-refractivity contribution in [2.24, 2.45) is 0 Å². The molecule has 1 saturated heterocycles. The van der Waals surface area contributed by atoms with Gasteiger partial charge in [0.1, 0.15) is 0 Å². The number of carbonyl (C=O) groups is 1. The molecule has 1 fully saturated rings. The normalized spacial score (nSPS) is 17.3. The fourth-order valence-electron chi connectivity index (χ4n) is 3.22. The third-order valence-corrected chi connectivity index (χ3v) is 5.63. The number of carbonyl (C=O) groups excluding carboxylic acids is 1. The monoisotopic (exact) mass is 407 g/mol. The van der Waals surface area contributed by atoms with Crippen LogP contribution < -0.4 is 10.6 Å². The molecule has 0 aromatic carbocycles. The molecular formula is C17H29N9OS. The Kier molecular flexibility index (Phi) is 6.89. The first-order valence-corrected chi connectivity index (χ1v) is 10.7. The minimum atomic E-state index is 0.128. The number of amides is 1. The predicted molar refractivity (Wildman–Crippen MR) is 111 cm³/mol. The Morgan fingerprint density at radius 2 is 2.00 bits per heavy atom. The van der Waals surface area contributed by atoms with Gasteiger partial charge in [-0.2, -0.15) is 9.97 Å². The lowest BCUT2D eigenvalue weighted by Gasteiger charge is -2.36. The summed E-state index contributed by atoms with van der Waals surface area (Å²) in [6.07, 6.45) is 2.18. The summed E-state index contributed by atoms with van der Waals surface area (Å²) < 4.78 is 1.76. The number of fused-ring (bicyclic) bond motifs is 1. The summed E-state index contributed by atoms with van der Waals surface area (Å²) in [7, 11) is 4.14. The van der Waals surface area contributed by atoms with E-state index in [2.05, 4.69) is 49.8 Å². The molecular weight excluding hydrogens is 378 g/mol. The molecule has 1 unspecified atom stereocenters. The van der Waals surface area contributed by atoms with E-state index in [1.807, 2.05) is 18.7 Å². The number of nitrogens with one attached hydrogen (secondary N) is 2. The Morgan fingerprint density at radius 1 is 1.21 bits per heavy atom. The van der Waals surface area contributed by atoms with Crippen molar-refractivity contribution in [1.29, 1.82) is 0 Å². The highest BCUT2D eigenvalue weighted by atomic mass is 32.2. The van der Waals surface area contributed by atoms with E-state index in [-0.39, 0.29) is 5.91 Å². The van der Waals surface area contributed by atoms with Crippen LogP contribution in [0.2, 0.25) is 0 Å². The molecule has 1 amide bonds. The van der Waals surface area contributed by atoms with Crippen molar-refractivity contribution in [3.8, 4) is 0 Å². The molecule has 1 aliphatic rings. The van der Waals surface area contributed by atoms with E-state index in [0.717, 1.165) is 32.5 Å². The number of likely N-dealkylation sites (N-methyl/N-ethyl adjacent to an activating group) is 1. The SMILES string of the molecule is CCNc1nc(NCC)n2c(SCC(=O)N3CCCC(N(C)C)C3)nnc2n1. The van der Waals surface area contributed by atoms with Crippen LogP contribution in [0.5, 0.6) is 0 Å². The topological polar surface area (TPSA) is 104 Å². The highest BCUT2D eigenvalue weighted by Gasteiger charge is 2.25. The van der Waals surface area contributed by atoms with Gasteiger partial charge in [-0.1, -0.05) is 11.8 Å². The Hall–Kier alpha value is -2.14. The number of thioether (sulfide) groups is 1. The van der Waals surface area contributed by atoms with Crippen LogP contribution in [0.15, 0.2) is 5.16 Å². The average molecular weight is 408 g/mol. The first-order valence-electron chi connectivity index (χ1n) is 9.71. The van der Waals surface area contributed by atoms with E-state index >= 15 is 0 Å². The van der Waals surface area contributed by atoms with Crippen molar-refractivity contribution < 1.29 is 4.79 Å². The van der Waals surface area contributed by atoms with Crippen LogP contribution in [0.4, 0.5) is 11.9 Å². The highest BCUT2D eigenvalue weighted by molar-refractivity contribution is 7.99. The molecule has 154 valence electrons. The van der Waals surface area contributed by atoms with E-state index in [1.54, 1.807) is 4.40 Å². The van der Waals surface area contributed by atoms with E-state index in [0.29, 0.717) is 41.2 Å². The maximum Gasteiger partial charge on any atom is 0.261 e. The van der Waals surface area contributed by atoms with Crippen molar-refractivity contribution in [2.45, 2.75) is 37.9 Å². The molecule has 0 saturated carbocycles. The van der Waals surface area contributed by atoms with Crippen LogP contribution in [-0.4, -0.2) is 92.3 Å². The lowest BCUT2D eigenvalue weighted by atomic mass is 10.1. The second-order valence-electron chi connectivity index (χ2n) is 6.94. The van der Waals surface area contributed by atoms with Gasteiger partial charge in [-0.05, 0) is 40.8 Å². The Labute approximate surface area is 169 Å². The van der Waals surface area contributed by atoms with Crippen LogP contribution >= 0.6 is 11.8 Å². The third kappa shape index (κ3) is 4.64. The maximum atomic E-state index is 12.7. The van der Waals surface area contributed by atoms with E-state index in [4.69, 9.17) is 0 Å². The molecule has 28 heavy (non-hydrogen) atoms. The van der Waals surface area contributed by atoms with Gasteiger partial charge in [0, 0.05) is 32.2 Å². The van der Waals surface area contributed by atoms with Crippen LogP contribution in [-0.2, 0) is 4.79 Å². The lowest BCUT2D eigenvalue weighted by Crippen LogP contribution is -2.48. The number of rotatable bonds is 8. The summed E-state index contributed by atoms with van der Waals surface area (Å²) in [5.41, 5.74) is 0. The molecule has 11 heteroatoms. The molecule has 0 radical (unpaired) electrons. The van der Waals surface area contributed by atoms with Gasteiger partial charge in [-0.25, -0.2) is 4.40 Å². The van der Waals surface area contributed by atoms with Crippen molar-refractivity contribution >= 4 is 35.3 Å². The molecule has 1 aliphatic heterocycles. The Morgan fingerprint density at radius 3 is 2.71 bits per heavy atom. The van der Waals surface area contributed by atoms with Gasteiger partial charge in [0.05, 0.1) is 5.75 Å². The molecule has 10 nitrogen and oxygen atoms in total. The molecule has 0 bridgehead atoms. The zero-order chi connectivity index (χ0) is 20.1. The fraction of sp³-hybridized carbons (Fsp3) is 0.706. The molecule has 3 heterocycles. The molecule has 1 atom stereocenters. The number of likely N-dealkylation sites (tertiary alicyclic amines) is 1. The number of aromatic nitrogens is 5.